The van der Waals surface area contributed by atoms with Crippen LogP contribution in [0.1, 0.15) is 10.4 Å². The molecule has 0 fully saturated rings. The molecule has 4 nitrogen and oxygen atoms in total. The van der Waals surface area contributed by atoms with E-state index in [-0.39, 0.29) is 62.3 Å². The molecule has 0 saturated heterocycles. The van der Waals surface area contributed by atoms with Crippen molar-refractivity contribution >= 4 is 16.9 Å². The third-order valence-corrected chi connectivity index (χ3v) is 2.95. The van der Waals surface area contributed by atoms with Gasteiger partial charge in [0.2, 0.25) is 0 Å². The second-order valence-corrected chi connectivity index (χ2v) is 4.25. The van der Waals surface area contributed by atoms with Gasteiger partial charge < -0.3 is 9.90 Å². The Bertz CT molecular complexity index is 809. The number of halogens is 1. The zero-order valence-corrected chi connectivity index (χ0v) is 14.3. The summed E-state index contributed by atoms with van der Waals surface area (Å²) in [4.78, 5) is 19.5. The third-order valence-electron chi connectivity index (χ3n) is 2.95. The van der Waals surface area contributed by atoms with Crippen LogP contribution in [0.5, 0.6) is 0 Å². The minimum absolute atomic E-state index is 0. The van der Waals surface area contributed by atoms with Crippen molar-refractivity contribution in [2.24, 2.45) is 0 Å². The summed E-state index contributed by atoms with van der Waals surface area (Å²) in [5.74, 6) is -1.89. The first-order chi connectivity index (χ1) is 9.65. The maximum absolute atomic E-state index is 13.3. The molecule has 0 aliphatic carbocycles. The summed E-state index contributed by atoms with van der Waals surface area (Å²) in [6.07, 6.45) is 3.19. The topological polar surface area (TPSA) is 65.9 Å². The molecule has 0 N–H and O–H groups in total. The van der Waals surface area contributed by atoms with Gasteiger partial charge in [0.05, 0.1) is 17.2 Å². The number of aromatic nitrogens is 2. The van der Waals surface area contributed by atoms with E-state index in [0.717, 1.165) is 6.07 Å². The Morgan fingerprint density at radius 2 is 2.00 bits per heavy atom. The van der Waals surface area contributed by atoms with E-state index in [4.69, 9.17) is 0 Å². The summed E-state index contributed by atoms with van der Waals surface area (Å²) in [6.45, 7) is 0. The summed E-state index contributed by atoms with van der Waals surface area (Å²) in [6, 6.07) is 8.68. The number of hydrogen-bond donors (Lipinski definition) is 0. The van der Waals surface area contributed by atoms with Crippen LogP contribution in [0.4, 0.5) is 4.39 Å². The fraction of sp³-hybridized carbons (Fsp3) is 0. The van der Waals surface area contributed by atoms with E-state index in [2.05, 4.69) is 9.97 Å². The second-order valence-electron chi connectivity index (χ2n) is 4.25. The van der Waals surface area contributed by atoms with E-state index in [1.54, 1.807) is 24.5 Å². The Hall–Kier alpha value is -1.18. The van der Waals surface area contributed by atoms with Gasteiger partial charge in [0, 0.05) is 28.9 Å². The van der Waals surface area contributed by atoms with E-state index >= 15 is 0 Å². The number of pyridine rings is 2. The molecule has 6 heteroatoms. The standard InChI is InChI=1S/C15H9FN2O2.K/c16-10-3-4-13-11(6-10)12(15(19)20)7-14(18-13)9-2-1-5-17-8-9;/h1-8H,(H,19,20);/q;+1/p-1. The predicted molar refractivity (Wildman–Crippen MR) is 69.3 cm³/mol. The molecule has 0 atom stereocenters. The molecule has 0 radical (unpaired) electrons. The van der Waals surface area contributed by atoms with Crippen molar-refractivity contribution in [2.75, 3.05) is 0 Å². The van der Waals surface area contributed by atoms with Crippen LogP contribution in [0.25, 0.3) is 22.2 Å². The summed E-state index contributed by atoms with van der Waals surface area (Å²) in [7, 11) is 0. The van der Waals surface area contributed by atoms with Crippen molar-refractivity contribution in [1.29, 1.82) is 0 Å². The molecule has 0 saturated carbocycles. The molecule has 3 aromatic rings. The molecule has 3 rings (SSSR count). The van der Waals surface area contributed by atoms with Crippen LogP contribution in [0.3, 0.4) is 0 Å². The van der Waals surface area contributed by atoms with Crippen LogP contribution in [-0.2, 0) is 0 Å². The Labute approximate surface area is 162 Å². The first kappa shape index (κ1) is 16.2. The van der Waals surface area contributed by atoms with E-state index in [0.29, 0.717) is 16.8 Å². The van der Waals surface area contributed by atoms with Gasteiger partial charge in [-0.25, -0.2) is 9.37 Å². The van der Waals surface area contributed by atoms with Gasteiger partial charge in [-0.05, 0) is 36.4 Å². The van der Waals surface area contributed by atoms with Crippen molar-refractivity contribution < 1.29 is 65.7 Å². The Balaban J connectivity index is 0.00000161. The summed E-state index contributed by atoms with van der Waals surface area (Å²) in [5, 5.41) is 11.5. The second kappa shape index (κ2) is 6.72. The average Bonchev–Trinajstić information content (AvgIpc) is 2.47. The van der Waals surface area contributed by atoms with Crippen molar-refractivity contribution in [2.45, 2.75) is 0 Å². The summed E-state index contributed by atoms with van der Waals surface area (Å²) < 4.78 is 13.3. The number of fused-ring (bicyclic) bond motifs is 1. The van der Waals surface area contributed by atoms with Crippen LogP contribution in [0.2, 0.25) is 0 Å². The summed E-state index contributed by atoms with van der Waals surface area (Å²) in [5.41, 5.74) is 1.44. The van der Waals surface area contributed by atoms with Crippen LogP contribution in [-0.4, -0.2) is 15.9 Å². The normalized spacial score (nSPS) is 10.1. The number of carboxylic acids is 1. The van der Waals surface area contributed by atoms with Gasteiger partial charge in [-0.2, -0.15) is 0 Å². The molecular weight excluding hydrogens is 298 g/mol. The Kier molecular flexibility index (Phi) is 5.18. The molecule has 21 heavy (non-hydrogen) atoms. The molecule has 0 aliphatic rings. The molecule has 0 unspecified atom stereocenters. The molecule has 0 amide bonds. The van der Waals surface area contributed by atoms with Crippen molar-refractivity contribution in [3.05, 3.63) is 60.2 Å². The van der Waals surface area contributed by atoms with Gasteiger partial charge in [0.15, 0.2) is 0 Å². The molecule has 98 valence electrons. The zero-order chi connectivity index (χ0) is 14.1. The van der Waals surface area contributed by atoms with E-state index in [1.165, 1.54) is 18.2 Å². The van der Waals surface area contributed by atoms with Crippen LogP contribution in [0.15, 0.2) is 48.8 Å². The van der Waals surface area contributed by atoms with Crippen LogP contribution in [0, 0.1) is 5.82 Å². The van der Waals surface area contributed by atoms with Gasteiger partial charge in [0.1, 0.15) is 5.82 Å². The van der Waals surface area contributed by atoms with Gasteiger partial charge in [-0.3, -0.25) is 4.98 Å². The number of nitrogens with zero attached hydrogens (tertiary/aromatic N) is 2. The largest absolute Gasteiger partial charge is 1.00 e. The SMILES string of the molecule is O=C([O-])c1cc(-c2cccnc2)nc2ccc(F)cc12.[K+]. The van der Waals surface area contributed by atoms with Crippen LogP contribution < -0.4 is 56.5 Å². The van der Waals surface area contributed by atoms with Crippen molar-refractivity contribution in [1.82, 2.24) is 9.97 Å². The first-order valence-corrected chi connectivity index (χ1v) is 5.87. The number of carbonyl (C=O) groups is 1. The van der Waals surface area contributed by atoms with E-state index < -0.39 is 11.8 Å². The quantitative estimate of drug-likeness (QED) is 0.558. The molecular formula is C15H8FKN2O2. The number of benzene rings is 1. The smallest absolute Gasteiger partial charge is 0.545 e. The van der Waals surface area contributed by atoms with E-state index in [1.807, 2.05) is 0 Å². The average molecular weight is 306 g/mol. The number of hydrogen-bond acceptors (Lipinski definition) is 4. The molecule has 0 spiro atoms. The third kappa shape index (κ3) is 3.36. The number of carbonyl (C=O) groups excluding carboxylic acids is 1. The Morgan fingerprint density at radius 1 is 1.19 bits per heavy atom. The van der Waals surface area contributed by atoms with Gasteiger partial charge >= 0.3 is 51.4 Å². The summed E-state index contributed by atoms with van der Waals surface area (Å²) >= 11 is 0. The first-order valence-electron chi connectivity index (χ1n) is 5.87. The Morgan fingerprint density at radius 3 is 2.67 bits per heavy atom. The molecule has 0 bridgehead atoms. The predicted octanol–water partition coefficient (Wildman–Crippen LogP) is -1.20. The van der Waals surface area contributed by atoms with Gasteiger partial charge in [0.25, 0.3) is 0 Å². The van der Waals surface area contributed by atoms with E-state index in [9.17, 15) is 14.3 Å². The maximum Gasteiger partial charge on any atom is 1.00 e. The van der Waals surface area contributed by atoms with Crippen molar-refractivity contribution in [3.63, 3.8) is 0 Å². The minimum atomic E-state index is -1.37. The maximum atomic E-state index is 13.3. The number of aromatic carboxylic acids is 1. The number of carboxylic acid groups (broad SMARTS) is 1. The minimum Gasteiger partial charge on any atom is -0.545 e. The zero-order valence-electron chi connectivity index (χ0n) is 11.2. The molecule has 2 aromatic heterocycles. The van der Waals surface area contributed by atoms with Crippen molar-refractivity contribution in [3.8, 4) is 11.3 Å². The molecule has 0 aliphatic heterocycles. The van der Waals surface area contributed by atoms with Gasteiger partial charge in [-0.1, -0.05) is 0 Å². The fourth-order valence-corrected chi connectivity index (χ4v) is 2.03. The van der Waals surface area contributed by atoms with Crippen LogP contribution >= 0.6 is 0 Å². The molecule has 1 aromatic carbocycles. The monoisotopic (exact) mass is 306 g/mol. The number of rotatable bonds is 2. The van der Waals surface area contributed by atoms with Gasteiger partial charge in [-0.15, -0.1) is 0 Å². The molecule has 2 heterocycles. The fourth-order valence-electron chi connectivity index (χ4n) is 2.03.